The van der Waals surface area contributed by atoms with Gasteiger partial charge in [-0.25, -0.2) is 8.42 Å². The van der Waals surface area contributed by atoms with Crippen LogP contribution in [0.3, 0.4) is 0 Å². The third kappa shape index (κ3) is 2.32. The average Bonchev–Trinajstić information content (AvgIpc) is 2.82. The lowest BCUT2D eigenvalue weighted by molar-refractivity contribution is 0.260. The molecule has 0 radical (unpaired) electrons. The first-order chi connectivity index (χ1) is 9.50. The van der Waals surface area contributed by atoms with Gasteiger partial charge in [-0.1, -0.05) is 24.4 Å². The smallest absolute Gasteiger partial charge is 0.245 e. The summed E-state index contributed by atoms with van der Waals surface area (Å²) < 4.78 is 27.3. The Bertz CT molecular complexity index is 618. The van der Waals surface area contributed by atoms with E-state index in [1.54, 1.807) is 10.4 Å². The van der Waals surface area contributed by atoms with Crippen LogP contribution >= 0.6 is 11.6 Å². The number of hydrogen-bond acceptors (Lipinski definition) is 3. The SMILES string of the molecule is Nc1cc(Cl)ccc1S(=O)(=O)N1CCC2CCCCC21. The number of nitrogens with two attached hydrogens (primary N) is 1. The van der Waals surface area contributed by atoms with Gasteiger partial charge in [-0.15, -0.1) is 0 Å². The monoisotopic (exact) mass is 314 g/mol. The lowest BCUT2D eigenvalue weighted by Gasteiger charge is -2.31. The lowest BCUT2D eigenvalue weighted by Crippen LogP contribution is -2.39. The molecule has 2 unspecified atom stereocenters. The molecule has 20 heavy (non-hydrogen) atoms. The molecule has 1 aromatic carbocycles. The second-order valence-corrected chi connectivity index (χ2v) is 7.99. The third-order valence-corrected chi connectivity index (χ3v) is 6.75. The predicted octanol–water partition coefficient (Wildman–Crippen LogP) is 2.88. The molecule has 1 heterocycles. The largest absolute Gasteiger partial charge is 0.398 e. The molecule has 0 aromatic heterocycles. The van der Waals surface area contributed by atoms with Gasteiger partial charge in [0.15, 0.2) is 0 Å². The highest BCUT2D eigenvalue weighted by Crippen LogP contribution is 2.40. The van der Waals surface area contributed by atoms with E-state index in [0.29, 0.717) is 17.5 Å². The first-order valence-corrected chi connectivity index (χ1v) is 8.89. The number of fused-ring (bicyclic) bond motifs is 1. The van der Waals surface area contributed by atoms with Gasteiger partial charge in [0.2, 0.25) is 10.0 Å². The van der Waals surface area contributed by atoms with Gasteiger partial charge >= 0.3 is 0 Å². The number of rotatable bonds is 2. The van der Waals surface area contributed by atoms with Crippen LogP contribution in [-0.4, -0.2) is 25.3 Å². The van der Waals surface area contributed by atoms with Crippen molar-refractivity contribution in [2.24, 2.45) is 5.92 Å². The fraction of sp³-hybridized carbons (Fsp3) is 0.571. The molecule has 110 valence electrons. The molecular formula is C14H19ClN2O2S. The van der Waals surface area contributed by atoms with Crippen molar-refractivity contribution in [3.63, 3.8) is 0 Å². The summed E-state index contributed by atoms with van der Waals surface area (Å²) >= 11 is 5.85. The highest BCUT2D eigenvalue weighted by molar-refractivity contribution is 7.89. The van der Waals surface area contributed by atoms with E-state index < -0.39 is 10.0 Å². The molecule has 1 saturated heterocycles. The summed E-state index contributed by atoms with van der Waals surface area (Å²) in [4.78, 5) is 0.188. The zero-order valence-corrected chi connectivity index (χ0v) is 12.8. The van der Waals surface area contributed by atoms with E-state index in [1.165, 1.54) is 18.6 Å². The second-order valence-electron chi connectivity index (χ2n) is 5.70. The molecular weight excluding hydrogens is 296 g/mol. The Morgan fingerprint density at radius 3 is 2.70 bits per heavy atom. The highest BCUT2D eigenvalue weighted by Gasteiger charge is 2.42. The van der Waals surface area contributed by atoms with Crippen LogP contribution in [0.5, 0.6) is 0 Å². The molecule has 0 spiro atoms. The van der Waals surface area contributed by atoms with E-state index in [0.717, 1.165) is 25.7 Å². The molecule has 4 nitrogen and oxygen atoms in total. The Morgan fingerprint density at radius 1 is 1.20 bits per heavy atom. The highest BCUT2D eigenvalue weighted by atomic mass is 35.5. The van der Waals surface area contributed by atoms with Crippen molar-refractivity contribution in [3.8, 4) is 0 Å². The summed E-state index contributed by atoms with van der Waals surface area (Å²) in [5, 5.41) is 0.457. The molecule has 2 N–H and O–H groups in total. The molecule has 6 heteroatoms. The zero-order valence-electron chi connectivity index (χ0n) is 11.3. The minimum atomic E-state index is -3.51. The minimum Gasteiger partial charge on any atom is -0.398 e. The molecule has 1 aromatic rings. The maximum atomic E-state index is 12.8. The Morgan fingerprint density at radius 2 is 1.95 bits per heavy atom. The van der Waals surface area contributed by atoms with Crippen LogP contribution in [0.4, 0.5) is 5.69 Å². The van der Waals surface area contributed by atoms with Crippen LogP contribution in [0.25, 0.3) is 0 Å². The number of nitrogen functional groups attached to an aromatic ring is 1. The minimum absolute atomic E-state index is 0.156. The van der Waals surface area contributed by atoms with E-state index >= 15 is 0 Å². The topological polar surface area (TPSA) is 63.4 Å². The van der Waals surface area contributed by atoms with Crippen LogP contribution in [0.1, 0.15) is 32.1 Å². The molecule has 1 aliphatic carbocycles. The van der Waals surface area contributed by atoms with Crippen LogP contribution in [0.15, 0.2) is 23.1 Å². The van der Waals surface area contributed by atoms with Crippen molar-refractivity contribution in [2.75, 3.05) is 12.3 Å². The van der Waals surface area contributed by atoms with E-state index in [2.05, 4.69) is 0 Å². The molecule has 2 atom stereocenters. The number of halogens is 1. The lowest BCUT2D eigenvalue weighted by atomic mass is 9.86. The predicted molar refractivity (Wildman–Crippen MR) is 80.1 cm³/mol. The Labute approximate surface area is 125 Å². The quantitative estimate of drug-likeness (QED) is 0.854. The van der Waals surface area contributed by atoms with Crippen molar-refractivity contribution in [2.45, 2.75) is 43.0 Å². The zero-order chi connectivity index (χ0) is 14.3. The Hall–Kier alpha value is -0.780. The van der Waals surface area contributed by atoms with Crippen molar-refractivity contribution in [1.82, 2.24) is 4.31 Å². The van der Waals surface area contributed by atoms with Crippen molar-refractivity contribution in [3.05, 3.63) is 23.2 Å². The molecule has 0 bridgehead atoms. The summed E-state index contributed by atoms with van der Waals surface area (Å²) in [7, 11) is -3.51. The van der Waals surface area contributed by atoms with Gasteiger partial charge in [0.25, 0.3) is 0 Å². The molecule has 2 fully saturated rings. The number of sulfonamides is 1. The molecule has 1 saturated carbocycles. The van der Waals surface area contributed by atoms with E-state index in [4.69, 9.17) is 17.3 Å². The van der Waals surface area contributed by atoms with Gasteiger partial charge in [0.05, 0.1) is 5.69 Å². The summed E-state index contributed by atoms with van der Waals surface area (Å²) in [6.45, 7) is 0.611. The van der Waals surface area contributed by atoms with Gasteiger partial charge < -0.3 is 5.73 Å². The summed E-state index contributed by atoms with van der Waals surface area (Å²) in [5.74, 6) is 0.520. The van der Waals surface area contributed by atoms with Crippen LogP contribution in [0, 0.1) is 5.92 Å². The van der Waals surface area contributed by atoms with Gasteiger partial charge in [0.1, 0.15) is 4.90 Å². The molecule has 0 amide bonds. The fourth-order valence-electron chi connectivity index (χ4n) is 3.54. The van der Waals surface area contributed by atoms with Crippen molar-refractivity contribution < 1.29 is 8.42 Å². The first-order valence-electron chi connectivity index (χ1n) is 7.07. The molecule has 1 aliphatic heterocycles. The maximum absolute atomic E-state index is 12.8. The normalized spacial score (nSPS) is 27.4. The Kier molecular flexibility index (Phi) is 3.69. The number of hydrogen-bond donors (Lipinski definition) is 1. The van der Waals surface area contributed by atoms with E-state index in [1.807, 2.05) is 0 Å². The van der Waals surface area contributed by atoms with Gasteiger partial charge in [-0.05, 0) is 43.4 Å². The fourth-order valence-corrected chi connectivity index (χ4v) is 5.55. The van der Waals surface area contributed by atoms with Crippen molar-refractivity contribution in [1.29, 1.82) is 0 Å². The summed E-state index contributed by atoms with van der Waals surface area (Å²) in [5.41, 5.74) is 6.09. The Balaban J connectivity index is 1.95. The van der Waals surface area contributed by atoms with Crippen LogP contribution < -0.4 is 5.73 Å². The second kappa shape index (κ2) is 5.20. The third-order valence-electron chi connectivity index (χ3n) is 4.52. The average molecular weight is 315 g/mol. The van der Waals surface area contributed by atoms with Gasteiger partial charge in [-0.3, -0.25) is 0 Å². The number of nitrogens with zero attached hydrogens (tertiary/aromatic N) is 1. The number of anilines is 1. The standard InChI is InChI=1S/C14H19ClN2O2S/c15-11-5-6-14(12(16)9-11)20(18,19)17-8-7-10-3-1-2-4-13(10)17/h5-6,9-10,13H,1-4,7-8,16H2. The summed E-state index contributed by atoms with van der Waals surface area (Å²) in [6, 6.07) is 4.76. The first kappa shape index (κ1) is 14.2. The van der Waals surface area contributed by atoms with Crippen LogP contribution in [-0.2, 0) is 10.0 Å². The van der Waals surface area contributed by atoms with Gasteiger partial charge in [-0.2, -0.15) is 4.31 Å². The van der Waals surface area contributed by atoms with Gasteiger partial charge in [0, 0.05) is 17.6 Å². The maximum Gasteiger partial charge on any atom is 0.245 e. The summed E-state index contributed by atoms with van der Waals surface area (Å²) in [6.07, 6.45) is 5.42. The molecule has 2 aliphatic rings. The van der Waals surface area contributed by atoms with E-state index in [-0.39, 0.29) is 16.6 Å². The number of benzene rings is 1. The van der Waals surface area contributed by atoms with Crippen molar-refractivity contribution >= 4 is 27.3 Å². The van der Waals surface area contributed by atoms with Crippen LogP contribution in [0.2, 0.25) is 5.02 Å². The molecule has 3 rings (SSSR count). The van der Waals surface area contributed by atoms with E-state index in [9.17, 15) is 8.42 Å².